The molecule has 2 aromatic rings. The minimum absolute atomic E-state index is 0.691. The highest BCUT2D eigenvalue weighted by molar-refractivity contribution is 5.55. The molecule has 0 heterocycles. The summed E-state index contributed by atoms with van der Waals surface area (Å²) in [5.74, 6) is 1.62. The van der Waals surface area contributed by atoms with Crippen molar-refractivity contribution in [2.45, 2.75) is 33.7 Å². The normalized spacial score (nSPS) is 10.4. The van der Waals surface area contributed by atoms with Gasteiger partial charge in [-0.15, -0.1) is 0 Å². The molecule has 0 atom stereocenters. The van der Waals surface area contributed by atoms with E-state index in [1.165, 1.54) is 11.1 Å². The first-order chi connectivity index (χ1) is 10.7. The molecule has 3 nitrogen and oxygen atoms in total. The van der Waals surface area contributed by atoms with E-state index in [0.29, 0.717) is 13.2 Å². The molecule has 1 N–H and O–H groups in total. The van der Waals surface area contributed by atoms with Crippen LogP contribution in [0.5, 0.6) is 11.5 Å². The van der Waals surface area contributed by atoms with Gasteiger partial charge in [0, 0.05) is 17.8 Å². The zero-order valence-electron chi connectivity index (χ0n) is 13.9. The Morgan fingerprint density at radius 3 is 2.55 bits per heavy atom. The molecular formula is C19H25NO2. The molecule has 0 saturated carbocycles. The van der Waals surface area contributed by atoms with E-state index in [1.807, 2.05) is 12.1 Å². The second-order valence-electron chi connectivity index (χ2n) is 5.40. The SMILES string of the molecule is CCCOc1c(CNc2cccc(C)c2C)cccc1OC. The van der Waals surface area contributed by atoms with Gasteiger partial charge in [0.25, 0.3) is 0 Å². The number of aryl methyl sites for hydroxylation is 1. The third-order valence-corrected chi connectivity index (χ3v) is 3.80. The third kappa shape index (κ3) is 3.73. The lowest BCUT2D eigenvalue weighted by Crippen LogP contribution is -2.06. The van der Waals surface area contributed by atoms with E-state index >= 15 is 0 Å². The molecule has 0 fully saturated rings. The number of hydrogen-bond acceptors (Lipinski definition) is 3. The maximum absolute atomic E-state index is 5.89. The number of methoxy groups -OCH3 is 1. The van der Waals surface area contributed by atoms with Crippen molar-refractivity contribution in [1.82, 2.24) is 0 Å². The highest BCUT2D eigenvalue weighted by Crippen LogP contribution is 2.32. The minimum Gasteiger partial charge on any atom is -0.493 e. The van der Waals surface area contributed by atoms with Crippen molar-refractivity contribution in [1.29, 1.82) is 0 Å². The number of rotatable bonds is 7. The molecule has 118 valence electrons. The second-order valence-corrected chi connectivity index (χ2v) is 5.40. The van der Waals surface area contributed by atoms with Crippen LogP contribution >= 0.6 is 0 Å². The summed E-state index contributed by atoms with van der Waals surface area (Å²) in [5.41, 5.74) is 4.83. The molecule has 0 bridgehead atoms. The van der Waals surface area contributed by atoms with Gasteiger partial charge in [-0.2, -0.15) is 0 Å². The molecule has 22 heavy (non-hydrogen) atoms. The monoisotopic (exact) mass is 299 g/mol. The van der Waals surface area contributed by atoms with Gasteiger partial charge in [-0.3, -0.25) is 0 Å². The van der Waals surface area contributed by atoms with E-state index in [1.54, 1.807) is 7.11 Å². The molecule has 0 saturated heterocycles. The molecule has 0 unspecified atom stereocenters. The van der Waals surface area contributed by atoms with Gasteiger partial charge in [0.05, 0.1) is 13.7 Å². The topological polar surface area (TPSA) is 30.5 Å². The van der Waals surface area contributed by atoms with Gasteiger partial charge >= 0.3 is 0 Å². The Hall–Kier alpha value is -2.16. The van der Waals surface area contributed by atoms with Gasteiger partial charge in [0.1, 0.15) is 0 Å². The van der Waals surface area contributed by atoms with E-state index < -0.39 is 0 Å². The molecule has 0 aliphatic heterocycles. The van der Waals surface area contributed by atoms with E-state index in [-0.39, 0.29) is 0 Å². The Morgan fingerprint density at radius 1 is 1.05 bits per heavy atom. The lowest BCUT2D eigenvalue weighted by molar-refractivity contribution is 0.291. The van der Waals surface area contributed by atoms with Crippen molar-refractivity contribution >= 4 is 5.69 Å². The van der Waals surface area contributed by atoms with E-state index in [0.717, 1.165) is 29.2 Å². The van der Waals surface area contributed by atoms with Gasteiger partial charge in [-0.25, -0.2) is 0 Å². The zero-order chi connectivity index (χ0) is 15.9. The van der Waals surface area contributed by atoms with Crippen molar-refractivity contribution in [3.63, 3.8) is 0 Å². The van der Waals surface area contributed by atoms with Crippen LogP contribution in [0.15, 0.2) is 36.4 Å². The molecule has 0 aromatic heterocycles. The Balaban J connectivity index is 2.20. The van der Waals surface area contributed by atoms with Crippen LogP contribution < -0.4 is 14.8 Å². The maximum atomic E-state index is 5.89. The molecule has 0 radical (unpaired) electrons. The summed E-state index contributed by atoms with van der Waals surface area (Å²) in [5, 5.41) is 3.50. The van der Waals surface area contributed by atoms with Crippen LogP contribution in [0.4, 0.5) is 5.69 Å². The summed E-state index contributed by atoms with van der Waals surface area (Å²) in [6, 6.07) is 12.3. The summed E-state index contributed by atoms with van der Waals surface area (Å²) in [6.45, 7) is 7.76. The standard InChI is InChI=1S/C19H25NO2/c1-5-12-22-19-16(9-7-11-18(19)21-4)13-20-17-10-6-8-14(2)15(17)3/h6-11,20H,5,12-13H2,1-4H3. The Labute approximate surface area is 133 Å². The van der Waals surface area contributed by atoms with Crippen LogP contribution in [0.3, 0.4) is 0 Å². The summed E-state index contributed by atoms with van der Waals surface area (Å²) in [6.07, 6.45) is 0.974. The quantitative estimate of drug-likeness (QED) is 0.803. The Morgan fingerprint density at radius 2 is 1.82 bits per heavy atom. The lowest BCUT2D eigenvalue weighted by atomic mass is 10.1. The molecule has 2 aromatic carbocycles. The predicted octanol–water partition coefficient (Wildman–Crippen LogP) is 4.71. The fourth-order valence-electron chi connectivity index (χ4n) is 2.36. The van der Waals surface area contributed by atoms with Crippen molar-refractivity contribution in [2.75, 3.05) is 19.0 Å². The first-order valence-corrected chi connectivity index (χ1v) is 7.76. The van der Waals surface area contributed by atoms with E-state index in [4.69, 9.17) is 9.47 Å². The number of hydrogen-bond donors (Lipinski definition) is 1. The van der Waals surface area contributed by atoms with Crippen LogP contribution in [-0.4, -0.2) is 13.7 Å². The van der Waals surface area contributed by atoms with Gasteiger partial charge < -0.3 is 14.8 Å². The summed E-state index contributed by atoms with van der Waals surface area (Å²) >= 11 is 0. The maximum Gasteiger partial charge on any atom is 0.166 e. The second kappa shape index (κ2) is 7.74. The number of para-hydroxylation sites is 1. The van der Waals surface area contributed by atoms with Gasteiger partial charge in [0.2, 0.25) is 0 Å². The van der Waals surface area contributed by atoms with E-state index in [9.17, 15) is 0 Å². The molecule has 0 spiro atoms. The van der Waals surface area contributed by atoms with Gasteiger partial charge in [-0.05, 0) is 43.5 Å². The largest absolute Gasteiger partial charge is 0.493 e. The molecular weight excluding hydrogens is 274 g/mol. The van der Waals surface area contributed by atoms with Crippen LogP contribution in [0.1, 0.15) is 30.0 Å². The van der Waals surface area contributed by atoms with Crippen molar-refractivity contribution in [2.24, 2.45) is 0 Å². The average molecular weight is 299 g/mol. The summed E-state index contributed by atoms with van der Waals surface area (Å²) in [7, 11) is 1.68. The number of benzene rings is 2. The lowest BCUT2D eigenvalue weighted by Gasteiger charge is -2.16. The number of anilines is 1. The average Bonchev–Trinajstić information content (AvgIpc) is 2.54. The molecule has 2 rings (SSSR count). The van der Waals surface area contributed by atoms with Crippen molar-refractivity contribution in [3.05, 3.63) is 53.1 Å². The highest BCUT2D eigenvalue weighted by atomic mass is 16.5. The molecule has 0 aliphatic carbocycles. The van der Waals surface area contributed by atoms with Crippen LogP contribution in [0, 0.1) is 13.8 Å². The summed E-state index contributed by atoms with van der Waals surface area (Å²) < 4.78 is 11.3. The number of ether oxygens (including phenoxy) is 2. The first-order valence-electron chi connectivity index (χ1n) is 7.76. The van der Waals surface area contributed by atoms with Gasteiger partial charge in [-0.1, -0.05) is 31.2 Å². The summed E-state index contributed by atoms with van der Waals surface area (Å²) in [4.78, 5) is 0. The number of nitrogens with one attached hydrogen (secondary N) is 1. The van der Waals surface area contributed by atoms with E-state index in [2.05, 4.69) is 50.4 Å². The predicted molar refractivity (Wildman–Crippen MR) is 92.0 cm³/mol. The Bertz CT molecular complexity index is 623. The zero-order valence-corrected chi connectivity index (χ0v) is 13.9. The third-order valence-electron chi connectivity index (χ3n) is 3.80. The minimum atomic E-state index is 0.691. The van der Waals surface area contributed by atoms with Crippen LogP contribution in [0.25, 0.3) is 0 Å². The Kier molecular flexibility index (Phi) is 5.70. The molecule has 0 aliphatic rings. The molecule has 0 amide bonds. The fourth-order valence-corrected chi connectivity index (χ4v) is 2.36. The van der Waals surface area contributed by atoms with Crippen LogP contribution in [0.2, 0.25) is 0 Å². The smallest absolute Gasteiger partial charge is 0.166 e. The first kappa shape index (κ1) is 16.2. The van der Waals surface area contributed by atoms with Crippen molar-refractivity contribution in [3.8, 4) is 11.5 Å². The highest BCUT2D eigenvalue weighted by Gasteiger charge is 2.11. The van der Waals surface area contributed by atoms with Crippen LogP contribution in [-0.2, 0) is 6.54 Å². The van der Waals surface area contributed by atoms with Gasteiger partial charge in [0.15, 0.2) is 11.5 Å². The fraction of sp³-hybridized carbons (Fsp3) is 0.368. The van der Waals surface area contributed by atoms with Crippen molar-refractivity contribution < 1.29 is 9.47 Å². The molecule has 3 heteroatoms.